The van der Waals surface area contributed by atoms with Gasteiger partial charge in [-0.15, -0.1) is 0 Å². The lowest BCUT2D eigenvalue weighted by atomic mass is 10.1. The first-order chi connectivity index (χ1) is 15.6. The van der Waals surface area contributed by atoms with E-state index in [0.29, 0.717) is 22.8 Å². The first-order valence-corrected chi connectivity index (χ1v) is 11.4. The van der Waals surface area contributed by atoms with Gasteiger partial charge in [-0.25, -0.2) is 0 Å². The highest BCUT2D eigenvalue weighted by molar-refractivity contribution is 6.30. The van der Waals surface area contributed by atoms with Crippen molar-refractivity contribution in [1.29, 1.82) is 0 Å². The standard InChI is InChI=1S/C25H27ClN4O2/c26-20-12-10-19(11-13-20)24-22(17-30(29-24)16-18-6-2-1-3-7-18)25(32)27-15-14-23(31)28-21-8-4-5-9-21/h1-3,6-7,10-13,17,21H,4-5,8-9,14-16H2,(H,27,32)(H,28,31). The minimum absolute atomic E-state index is 0.0186. The molecule has 1 aliphatic carbocycles. The summed E-state index contributed by atoms with van der Waals surface area (Å²) in [6.45, 7) is 0.833. The van der Waals surface area contributed by atoms with E-state index >= 15 is 0 Å². The Morgan fingerprint density at radius 3 is 2.47 bits per heavy atom. The molecule has 2 N–H and O–H groups in total. The summed E-state index contributed by atoms with van der Waals surface area (Å²) in [5.41, 5.74) is 2.96. The highest BCUT2D eigenvalue weighted by atomic mass is 35.5. The van der Waals surface area contributed by atoms with Gasteiger partial charge in [0.25, 0.3) is 5.91 Å². The minimum atomic E-state index is -0.247. The zero-order valence-electron chi connectivity index (χ0n) is 17.9. The molecular formula is C25H27ClN4O2. The summed E-state index contributed by atoms with van der Waals surface area (Å²) in [6, 6.07) is 17.5. The maximum absolute atomic E-state index is 13.0. The molecule has 32 heavy (non-hydrogen) atoms. The maximum Gasteiger partial charge on any atom is 0.255 e. The number of nitrogens with zero attached hydrogens (tertiary/aromatic N) is 2. The second kappa shape index (κ2) is 10.5. The van der Waals surface area contributed by atoms with Crippen LogP contribution in [0, 0.1) is 0 Å². The number of aromatic nitrogens is 2. The van der Waals surface area contributed by atoms with Gasteiger partial charge < -0.3 is 10.6 Å². The van der Waals surface area contributed by atoms with Gasteiger partial charge in [0, 0.05) is 35.8 Å². The van der Waals surface area contributed by atoms with E-state index in [4.69, 9.17) is 11.6 Å². The Morgan fingerprint density at radius 2 is 1.75 bits per heavy atom. The molecule has 0 radical (unpaired) electrons. The zero-order valence-corrected chi connectivity index (χ0v) is 18.6. The van der Waals surface area contributed by atoms with E-state index in [2.05, 4.69) is 15.7 Å². The number of rotatable bonds is 8. The molecule has 0 aliphatic heterocycles. The van der Waals surface area contributed by atoms with Crippen molar-refractivity contribution in [2.24, 2.45) is 0 Å². The largest absolute Gasteiger partial charge is 0.353 e. The van der Waals surface area contributed by atoms with Crippen LogP contribution in [0.4, 0.5) is 0 Å². The van der Waals surface area contributed by atoms with Crippen LogP contribution in [0.3, 0.4) is 0 Å². The summed E-state index contributed by atoms with van der Waals surface area (Å²) in [5.74, 6) is -0.266. The SMILES string of the molecule is O=C(CCNC(=O)c1cn(Cc2ccccc2)nc1-c1ccc(Cl)cc1)NC1CCCC1. The van der Waals surface area contributed by atoms with Crippen molar-refractivity contribution in [3.05, 3.63) is 76.9 Å². The van der Waals surface area contributed by atoms with Crippen LogP contribution in [0.2, 0.25) is 5.02 Å². The van der Waals surface area contributed by atoms with Gasteiger partial charge >= 0.3 is 0 Å². The van der Waals surface area contributed by atoms with Crippen molar-refractivity contribution >= 4 is 23.4 Å². The van der Waals surface area contributed by atoms with Crippen LogP contribution in [-0.2, 0) is 11.3 Å². The fourth-order valence-electron chi connectivity index (χ4n) is 4.01. The molecule has 4 rings (SSSR count). The molecule has 1 heterocycles. The molecular weight excluding hydrogens is 424 g/mol. The summed E-state index contributed by atoms with van der Waals surface area (Å²) in [7, 11) is 0. The summed E-state index contributed by atoms with van der Waals surface area (Å²) in [6.07, 6.45) is 6.44. The third kappa shape index (κ3) is 5.77. The Morgan fingerprint density at radius 1 is 1.03 bits per heavy atom. The molecule has 0 unspecified atom stereocenters. The molecule has 0 saturated heterocycles. The van der Waals surface area contributed by atoms with Crippen LogP contribution in [0.1, 0.15) is 48.0 Å². The molecule has 0 spiro atoms. The number of carbonyl (C=O) groups is 2. The topological polar surface area (TPSA) is 76.0 Å². The van der Waals surface area contributed by atoms with Gasteiger partial charge in [0.1, 0.15) is 5.69 Å². The first kappa shape index (κ1) is 22.1. The van der Waals surface area contributed by atoms with Crippen LogP contribution in [0.15, 0.2) is 60.8 Å². The fourth-order valence-corrected chi connectivity index (χ4v) is 4.14. The Kier molecular flexibility index (Phi) is 7.22. The average Bonchev–Trinajstić information content (AvgIpc) is 3.45. The lowest BCUT2D eigenvalue weighted by Crippen LogP contribution is -2.35. The van der Waals surface area contributed by atoms with Crippen molar-refractivity contribution in [3.63, 3.8) is 0 Å². The average molecular weight is 451 g/mol. The molecule has 0 bridgehead atoms. The minimum Gasteiger partial charge on any atom is -0.353 e. The number of nitrogens with one attached hydrogen (secondary N) is 2. The molecule has 1 saturated carbocycles. The Hall–Kier alpha value is -3.12. The molecule has 1 fully saturated rings. The number of amides is 2. The first-order valence-electron chi connectivity index (χ1n) is 11.0. The normalized spacial score (nSPS) is 13.8. The van der Waals surface area contributed by atoms with E-state index in [9.17, 15) is 9.59 Å². The van der Waals surface area contributed by atoms with Crippen molar-refractivity contribution in [1.82, 2.24) is 20.4 Å². The lowest BCUT2D eigenvalue weighted by Gasteiger charge is -2.12. The number of hydrogen-bond donors (Lipinski definition) is 2. The van der Waals surface area contributed by atoms with Gasteiger partial charge in [0.2, 0.25) is 5.91 Å². The van der Waals surface area contributed by atoms with Gasteiger partial charge in [-0.05, 0) is 30.5 Å². The molecule has 7 heteroatoms. The third-order valence-electron chi connectivity index (χ3n) is 5.67. The molecule has 3 aromatic rings. The van der Waals surface area contributed by atoms with E-state index in [1.807, 2.05) is 42.5 Å². The predicted octanol–water partition coefficient (Wildman–Crippen LogP) is 4.43. The highest BCUT2D eigenvalue weighted by Crippen LogP contribution is 2.24. The zero-order chi connectivity index (χ0) is 22.3. The van der Waals surface area contributed by atoms with Crippen LogP contribution >= 0.6 is 11.6 Å². The third-order valence-corrected chi connectivity index (χ3v) is 5.92. The Bertz CT molecular complexity index is 1060. The maximum atomic E-state index is 13.0. The Balaban J connectivity index is 1.45. The highest BCUT2D eigenvalue weighted by Gasteiger charge is 2.20. The number of halogens is 1. The van der Waals surface area contributed by atoms with Gasteiger partial charge in [-0.3, -0.25) is 14.3 Å². The quantitative estimate of drug-likeness (QED) is 0.533. The number of carbonyl (C=O) groups excluding carboxylic acids is 2. The molecule has 1 aromatic heterocycles. The van der Waals surface area contributed by atoms with E-state index in [0.717, 1.165) is 24.0 Å². The monoisotopic (exact) mass is 450 g/mol. The molecule has 2 aromatic carbocycles. The predicted molar refractivity (Wildman–Crippen MR) is 126 cm³/mol. The smallest absolute Gasteiger partial charge is 0.255 e. The van der Waals surface area contributed by atoms with E-state index in [1.165, 1.54) is 12.8 Å². The summed E-state index contributed by atoms with van der Waals surface area (Å²) in [4.78, 5) is 25.1. The Labute approximate surface area is 193 Å². The molecule has 166 valence electrons. The van der Waals surface area contributed by atoms with E-state index in [-0.39, 0.29) is 30.8 Å². The van der Waals surface area contributed by atoms with Crippen molar-refractivity contribution in [3.8, 4) is 11.3 Å². The van der Waals surface area contributed by atoms with Gasteiger partial charge in [0.15, 0.2) is 0 Å². The number of benzene rings is 2. The fraction of sp³-hybridized carbons (Fsp3) is 0.320. The molecule has 6 nitrogen and oxygen atoms in total. The van der Waals surface area contributed by atoms with Gasteiger partial charge in [-0.2, -0.15) is 5.10 Å². The van der Waals surface area contributed by atoms with Crippen LogP contribution < -0.4 is 10.6 Å². The second-order valence-electron chi connectivity index (χ2n) is 8.14. The number of hydrogen-bond acceptors (Lipinski definition) is 3. The van der Waals surface area contributed by atoms with Gasteiger partial charge in [0.05, 0.1) is 12.1 Å². The lowest BCUT2D eigenvalue weighted by molar-refractivity contribution is -0.121. The van der Waals surface area contributed by atoms with Crippen molar-refractivity contribution in [2.75, 3.05) is 6.54 Å². The molecule has 2 amide bonds. The van der Waals surface area contributed by atoms with Crippen LogP contribution in [0.25, 0.3) is 11.3 Å². The van der Waals surface area contributed by atoms with E-state index in [1.54, 1.807) is 23.0 Å². The van der Waals surface area contributed by atoms with E-state index < -0.39 is 0 Å². The van der Waals surface area contributed by atoms with Crippen molar-refractivity contribution in [2.45, 2.75) is 44.7 Å². The van der Waals surface area contributed by atoms with Crippen LogP contribution in [-0.4, -0.2) is 34.2 Å². The van der Waals surface area contributed by atoms with Crippen LogP contribution in [0.5, 0.6) is 0 Å². The summed E-state index contributed by atoms with van der Waals surface area (Å²) in [5, 5.41) is 11.2. The molecule has 0 atom stereocenters. The summed E-state index contributed by atoms with van der Waals surface area (Å²) >= 11 is 6.03. The molecule has 1 aliphatic rings. The van der Waals surface area contributed by atoms with Crippen molar-refractivity contribution < 1.29 is 9.59 Å². The van der Waals surface area contributed by atoms with Gasteiger partial charge in [-0.1, -0.05) is 66.9 Å². The second-order valence-corrected chi connectivity index (χ2v) is 8.57. The summed E-state index contributed by atoms with van der Waals surface area (Å²) < 4.78 is 1.76.